The van der Waals surface area contributed by atoms with Gasteiger partial charge in [-0.05, 0) is 29.8 Å². The summed E-state index contributed by atoms with van der Waals surface area (Å²) in [5.41, 5.74) is 1.17. The fourth-order valence-electron chi connectivity index (χ4n) is 5.75. The number of aromatic nitrogens is 4. The van der Waals surface area contributed by atoms with Crippen molar-refractivity contribution in [3.05, 3.63) is 80.0 Å². The van der Waals surface area contributed by atoms with Crippen molar-refractivity contribution in [2.75, 3.05) is 43.1 Å². The van der Waals surface area contributed by atoms with Crippen LogP contribution in [0.4, 0.5) is 11.6 Å². The van der Waals surface area contributed by atoms with E-state index in [1.807, 2.05) is 21.6 Å². The molecule has 42 heavy (non-hydrogen) atoms. The van der Waals surface area contributed by atoms with Crippen LogP contribution in [0.3, 0.4) is 0 Å². The molecule has 2 aliphatic rings. The summed E-state index contributed by atoms with van der Waals surface area (Å²) < 4.78 is 9.57. The van der Waals surface area contributed by atoms with E-state index in [0.717, 1.165) is 10.1 Å². The van der Waals surface area contributed by atoms with E-state index < -0.39 is 17.3 Å². The summed E-state index contributed by atoms with van der Waals surface area (Å²) in [5, 5.41) is 0.605. The first-order valence-electron chi connectivity index (χ1n) is 13.6. The number of aryl methyl sites for hydroxylation is 1. The van der Waals surface area contributed by atoms with Gasteiger partial charge >= 0.3 is 5.69 Å². The quantitative estimate of drug-likeness (QED) is 0.311. The predicted octanol–water partition coefficient (Wildman–Crippen LogP) is 1.60. The van der Waals surface area contributed by atoms with Gasteiger partial charge in [0.2, 0.25) is 11.9 Å². The summed E-state index contributed by atoms with van der Waals surface area (Å²) in [6, 6.07) is 13.7. The van der Waals surface area contributed by atoms with Crippen molar-refractivity contribution in [3.8, 4) is 5.75 Å². The molecule has 1 atom stereocenters. The minimum atomic E-state index is -0.563. The van der Waals surface area contributed by atoms with Gasteiger partial charge in [0.1, 0.15) is 5.75 Å². The lowest BCUT2D eigenvalue weighted by Crippen LogP contribution is -2.53. The molecule has 0 spiro atoms. The monoisotopic (exact) mass is 591 g/mol. The lowest BCUT2D eigenvalue weighted by molar-refractivity contribution is -0.123. The Kier molecular flexibility index (Phi) is 7.11. The maximum absolute atomic E-state index is 13.4. The number of piperazine rings is 1. The minimum Gasteiger partial charge on any atom is -0.497 e. The van der Waals surface area contributed by atoms with Crippen LogP contribution in [0, 0.1) is 0 Å². The van der Waals surface area contributed by atoms with Gasteiger partial charge in [-0.3, -0.25) is 33.0 Å². The van der Waals surface area contributed by atoms with Crippen molar-refractivity contribution in [3.63, 3.8) is 0 Å². The van der Waals surface area contributed by atoms with Crippen molar-refractivity contribution in [2.24, 2.45) is 14.1 Å². The Bertz CT molecular complexity index is 1820. The van der Waals surface area contributed by atoms with Gasteiger partial charge in [-0.25, -0.2) is 9.69 Å². The van der Waals surface area contributed by atoms with Crippen molar-refractivity contribution in [1.29, 1.82) is 0 Å². The third-order valence-electron chi connectivity index (χ3n) is 8.05. The number of ether oxygens (including phenoxy) is 1. The first kappa shape index (κ1) is 27.7. The van der Waals surface area contributed by atoms with Crippen LogP contribution in [0.2, 0.25) is 5.02 Å². The summed E-state index contributed by atoms with van der Waals surface area (Å²) >= 11 is 6.09. The summed E-state index contributed by atoms with van der Waals surface area (Å²) in [6.45, 7) is 2.39. The molecule has 2 fully saturated rings. The normalized spacial score (nSPS) is 18.0. The van der Waals surface area contributed by atoms with Crippen LogP contribution < -0.4 is 25.8 Å². The average molecular weight is 592 g/mol. The number of hydrogen-bond donors (Lipinski definition) is 0. The number of imide groups is 1. The molecule has 0 radical (unpaired) electrons. The number of fused-ring (bicyclic) bond motifs is 1. The van der Waals surface area contributed by atoms with E-state index in [-0.39, 0.29) is 18.2 Å². The summed E-state index contributed by atoms with van der Waals surface area (Å²) in [6.07, 6.45) is 0.100. The van der Waals surface area contributed by atoms with Crippen LogP contribution >= 0.6 is 11.6 Å². The zero-order valence-corrected chi connectivity index (χ0v) is 24.2. The highest BCUT2D eigenvalue weighted by molar-refractivity contribution is 6.30. The molecule has 2 aliphatic heterocycles. The second-order valence-electron chi connectivity index (χ2n) is 10.5. The molecule has 0 aliphatic carbocycles. The molecule has 2 aromatic heterocycles. The van der Waals surface area contributed by atoms with Gasteiger partial charge < -0.3 is 9.64 Å². The molecular weight excluding hydrogens is 562 g/mol. The van der Waals surface area contributed by atoms with Crippen LogP contribution in [-0.2, 0) is 30.2 Å². The Balaban J connectivity index is 1.28. The topological polar surface area (TPSA) is 115 Å². The Hall–Kier alpha value is -4.42. The third kappa shape index (κ3) is 4.66. The molecule has 2 aromatic carbocycles. The Morgan fingerprint density at radius 3 is 2.36 bits per heavy atom. The Morgan fingerprint density at radius 2 is 1.67 bits per heavy atom. The zero-order valence-electron chi connectivity index (χ0n) is 23.5. The van der Waals surface area contributed by atoms with Crippen LogP contribution in [0.25, 0.3) is 11.2 Å². The molecule has 2 saturated heterocycles. The van der Waals surface area contributed by atoms with E-state index in [0.29, 0.717) is 66.3 Å². The average Bonchev–Trinajstić information content (AvgIpc) is 3.52. The summed E-state index contributed by atoms with van der Waals surface area (Å²) in [5.74, 6) is 0.626. The van der Waals surface area contributed by atoms with E-state index in [1.165, 1.54) is 23.6 Å². The maximum atomic E-state index is 13.4. The number of hydrogen-bond acceptors (Lipinski definition) is 8. The second-order valence-corrected chi connectivity index (χ2v) is 11.0. The number of methoxy groups -OCH3 is 1. The number of halogens is 1. The lowest BCUT2D eigenvalue weighted by Gasteiger charge is -2.37. The SMILES string of the molecule is COc1cccc(N2C(=O)CC(N3CCN(c4nc5c(c(=O)n(C)c(=O)n5C)n4Cc4ccc(Cl)cc4)CC3)C2=O)c1. The van der Waals surface area contributed by atoms with Crippen LogP contribution in [-0.4, -0.2) is 74.7 Å². The summed E-state index contributed by atoms with van der Waals surface area (Å²) in [7, 11) is 4.59. The molecule has 0 N–H and O–H groups in total. The van der Waals surface area contributed by atoms with E-state index >= 15 is 0 Å². The molecule has 2 amide bonds. The molecule has 0 saturated carbocycles. The standard InChI is InChI=1S/C29H30ClN7O5/c1-32-25-24(27(40)33(2)29(32)41)36(17-18-7-9-19(30)10-8-18)28(31-25)35-13-11-34(12-14-35)22-16-23(38)37(26(22)39)20-5-4-6-21(15-20)42-3/h4-10,15,22H,11-14,16-17H2,1-3H3. The van der Waals surface area contributed by atoms with Gasteiger partial charge in [0.25, 0.3) is 11.5 Å². The number of anilines is 2. The van der Waals surface area contributed by atoms with Gasteiger partial charge in [-0.1, -0.05) is 29.8 Å². The van der Waals surface area contributed by atoms with Gasteiger partial charge in [0.15, 0.2) is 11.2 Å². The highest BCUT2D eigenvalue weighted by Crippen LogP contribution is 2.30. The molecule has 0 bridgehead atoms. The van der Waals surface area contributed by atoms with Crippen molar-refractivity contribution >= 4 is 46.2 Å². The Labute approximate surface area is 245 Å². The number of nitrogens with zero attached hydrogens (tertiary/aromatic N) is 7. The van der Waals surface area contributed by atoms with Gasteiger partial charge in [0, 0.05) is 51.4 Å². The van der Waals surface area contributed by atoms with Gasteiger partial charge in [-0.2, -0.15) is 4.98 Å². The van der Waals surface area contributed by atoms with E-state index in [1.54, 1.807) is 43.4 Å². The van der Waals surface area contributed by atoms with Crippen molar-refractivity contribution in [1.82, 2.24) is 23.6 Å². The zero-order chi connectivity index (χ0) is 29.7. The molecule has 6 rings (SSSR count). The van der Waals surface area contributed by atoms with Crippen LogP contribution in [0.15, 0.2) is 58.1 Å². The third-order valence-corrected chi connectivity index (χ3v) is 8.31. The largest absolute Gasteiger partial charge is 0.497 e. The number of carbonyl (C=O) groups excluding carboxylic acids is 2. The smallest absolute Gasteiger partial charge is 0.332 e. The number of rotatable bonds is 6. The van der Waals surface area contributed by atoms with Crippen LogP contribution in [0.1, 0.15) is 12.0 Å². The van der Waals surface area contributed by atoms with Gasteiger partial charge in [-0.15, -0.1) is 0 Å². The maximum Gasteiger partial charge on any atom is 0.332 e. The number of benzene rings is 2. The molecule has 1 unspecified atom stereocenters. The first-order valence-corrected chi connectivity index (χ1v) is 14.0. The molecular formula is C29H30ClN7O5. The first-order chi connectivity index (χ1) is 20.2. The van der Waals surface area contributed by atoms with Crippen molar-refractivity contribution in [2.45, 2.75) is 19.0 Å². The van der Waals surface area contributed by atoms with E-state index in [2.05, 4.69) is 4.90 Å². The van der Waals surface area contributed by atoms with Crippen LogP contribution in [0.5, 0.6) is 5.75 Å². The summed E-state index contributed by atoms with van der Waals surface area (Å²) in [4.78, 5) is 62.4. The molecule has 12 nitrogen and oxygen atoms in total. The number of carbonyl (C=O) groups is 2. The number of imidazole rings is 1. The highest BCUT2D eigenvalue weighted by atomic mass is 35.5. The second kappa shape index (κ2) is 10.8. The lowest BCUT2D eigenvalue weighted by atomic mass is 10.1. The fourth-order valence-corrected chi connectivity index (χ4v) is 5.88. The molecule has 4 aromatic rings. The highest BCUT2D eigenvalue weighted by Gasteiger charge is 2.43. The predicted molar refractivity (Wildman–Crippen MR) is 158 cm³/mol. The van der Waals surface area contributed by atoms with Crippen molar-refractivity contribution < 1.29 is 14.3 Å². The fraction of sp³-hybridized carbons (Fsp3) is 0.345. The molecule has 218 valence electrons. The Morgan fingerprint density at radius 1 is 0.952 bits per heavy atom. The van der Waals surface area contributed by atoms with E-state index in [4.69, 9.17) is 21.3 Å². The number of amides is 2. The molecule has 13 heteroatoms. The molecule has 4 heterocycles. The van der Waals surface area contributed by atoms with Gasteiger partial charge in [0.05, 0.1) is 31.8 Å². The van der Waals surface area contributed by atoms with E-state index in [9.17, 15) is 19.2 Å². The minimum absolute atomic E-state index is 0.100.